The Morgan fingerprint density at radius 3 is 2.60 bits per heavy atom. The van der Waals surface area contributed by atoms with Gasteiger partial charge < -0.3 is 4.90 Å². The predicted octanol–water partition coefficient (Wildman–Crippen LogP) is 5.39. The van der Waals surface area contributed by atoms with Crippen LogP contribution in [0.4, 0.5) is 5.69 Å². The number of anilines is 1. The van der Waals surface area contributed by atoms with Crippen LogP contribution in [0.1, 0.15) is 53.3 Å². The van der Waals surface area contributed by atoms with E-state index in [2.05, 4.69) is 83.7 Å². The van der Waals surface area contributed by atoms with Crippen molar-refractivity contribution in [3.8, 4) is 0 Å². The van der Waals surface area contributed by atoms with Gasteiger partial charge in [-0.15, -0.1) is 0 Å². The molecule has 3 heteroatoms. The first-order valence-electron chi connectivity index (χ1n) is 11.3. The van der Waals surface area contributed by atoms with Gasteiger partial charge in [-0.2, -0.15) is 0 Å². The average Bonchev–Trinajstić information content (AvgIpc) is 3.23. The Balaban J connectivity index is 1.28. The molecule has 3 heterocycles. The first-order chi connectivity index (χ1) is 14.8. The molecule has 5 rings (SSSR count). The average molecular weight is 398 g/mol. The molecule has 1 saturated heterocycles. The van der Waals surface area contributed by atoms with Gasteiger partial charge in [0.1, 0.15) is 0 Å². The third kappa shape index (κ3) is 4.13. The monoisotopic (exact) mass is 397 g/mol. The van der Waals surface area contributed by atoms with Gasteiger partial charge >= 0.3 is 0 Å². The summed E-state index contributed by atoms with van der Waals surface area (Å²) in [4.78, 5) is 9.89. The van der Waals surface area contributed by atoms with Gasteiger partial charge in [-0.05, 0) is 73.0 Å². The van der Waals surface area contributed by atoms with E-state index < -0.39 is 0 Å². The van der Waals surface area contributed by atoms with E-state index in [0.717, 1.165) is 19.5 Å². The van der Waals surface area contributed by atoms with Gasteiger partial charge in [0.15, 0.2) is 0 Å². The lowest BCUT2D eigenvalue weighted by atomic mass is 9.99. The Bertz CT molecular complexity index is 981. The number of rotatable bonds is 5. The second kappa shape index (κ2) is 8.61. The minimum absolute atomic E-state index is 0.439. The lowest BCUT2D eigenvalue weighted by Gasteiger charge is -2.29. The summed E-state index contributed by atoms with van der Waals surface area (Å²) in [7, 11) is 2.21. The van der Waals surface area contributed by atoms with Crippen LogP contribution in [-0.2, 0) is 19.4 Å². The molecule has 1 aromatic heterocycles. The Labute approximate surface area is 180 Å². The SMILES string of the molecule is CN1CCCc2cc(CN3CCCC3c3ccc(Cc4ccccc4)cn3)ccc21. The van der Waals surface area contributed by atoms with Crippen LogP contribution in [0.5, 0.6) is 0 Å². The molecule has 0 amide bonds. The van der Waals surface area contributed by atoms with Crippen LogP contribution in [0, 0.1) is 0 Å². The first-order valence-corrected chi connectivity index (χ1v) is 11.3. The molecule has 0 aliphatic carbocycles. The van der Waals surface area contributed by atoms with Gasteiger partial charge in [0.2, 0.25) is 0 Å². The van der Waals surface area contributed by atoms with Crippen molar-refractivity contribution < 1.29 is 0 Å². The van der Waals surface area contributed by atoms with Crippen molar-refractivity contribution in [2.24, 2.45) is 0 Å². The van der Waals surface area contributed by atoms with E-state index in [1.54, 1.807) is 0 Å². The van der Waals surface area contributed by atoms with E-state index in [0.29, 0.717) is 6.04 Å². The second-order valence-electron chi connectivity index (χ2n) is 8.87. The van der Waals surface area contributed by atoms with E-state index in [-0.39, 0.29) is 0 Å². The van der Waals surface area contributed by atoms with Crippen molar-refractivity contribution in [3.63, 3.8) is 0 Å². The van der Waals surface area contributed by atoms with Crippen molar-refractivity contribution >= 4 is 5.69 Å². The third-order valence-electron chi connectivity index (χ3n) is 6.68. The highest BCUT2D eigenvalue weighted by atomic mass is 15.2. The van der Waals surface area contributed by atoms with E-state index in [9.17, 15) is 0 Å². The van der Waals surface area contributed by atoms with E-state index in [1.165, 1.54) is 65.9 Å². The van der Waals surface area contributed by atoms with Crippen molar-refractivity contribution in [1.29, 1.82) is 0 Å². The van der Waals surface area contributed by atoms with Crippen molar-refractivity contribution in [3.05, 3.63) is 94.8 Å². The highest BCUT2D eigenvalue weighted by molar-refractivity contribution is 5.56. The molecule has 3 nitrogen and oxygen atoms in total. The first kappa shape index (κ1) is 19.3. The number of hydrogen-bond acceptors (Lipinski definition) is 3. The standard InChI is InChI=1S/C27H31N3/c1-29-15-5-9-24-18-23(12-14-26(24)29)20-30-16-6-10-27(30)25-13-11-22(19-28-25)17-21-7-3-2-4-8-21/h2-4,7-8,11-14,18-19,27H,5-6,9-10,15-17,20H2,1H3. The molecule has 1 fully saturated rings. The molecule has 0 spiro atoms. The number of hydrogen-bond donors (Lipinski definition) is 0. The Kier molecular flexibility index (Phi) is 5.54. The molecule has 3 aromatic rings. The maximum absolute atomic E-state index is 4.88. The molecule has 0 N–H and O–H groups in total. The highest BCUT2D eigenvalue weighted by Gasteiger charge is 2.27. The highest BCUT2D eigenvalue weighted by Crippen LogP contribution is 2.33. The van der Waals surface area contributed by atoms with Gasteiger partial charge in [-0.3, -0.25) is 9.88 Å². The Morgan fingerprint density at radius 1 is 0.900 bits per heavy atom. The Hall–Kier alpha value is -2.65. The summed E-state index contributed by atoms with van der Waals surface area (Å²) in [5, 5.41) is 0. The van der Waals surface area contributed by atoms with E-state index >= 15 is 0 Å². The van der Waals surface area contributed by atoms with Crippen LogP contribution < -0.4 is 4.90 Å². The smallest absolute Gasteiger partial charge is 0.0575 e. The number of pyridine rings is 1. The maximum atomic E-state index is 4.88. The van der Waals surface area contributed by atoms with Crippen LogP contribution in [0.15, 0.2) is 66.9 Å². The number of aryl methyl sites for hydroxylation is 1. The number of nitrogens with zero attached hydrogens (tertiary/aromatic N) is 3. The topological polar surface area (TPSA) is 19.4 Å². The van der Waals surface area contributed by atoms with E-state index in [1.807, 2.05) is 0 Å². The molecular formula is C27H31N3. The van der Waals surface area contributed by atoms with Crippen LogP contribution in [0.2, 0.25) is 0 Å². The molecule has 0 radical (unpaired) electrons. The molecule has 2 aliphatic heterocycles. The molecule has 1 atom stereocenters. The van der Waals surface area contributed by atoms with Gasteiger partial charge in [0.25, 0.3) is 0 Å². The predicted molar refractivity (Wildman–Crippen MR) is 124 cm³/mol. The fraction of sp³-hybridized carbons (Fsp3) is 0.370. The van der Waals surface area contributed by atoms with Crippen molar-refractivity contribution in [2.75, 3.05) is 25.0 Å². The molecule has 0 saturated carbocycles. The zero-order valence-corrected chi connectivity index (χ0v) is 17.9. The van der Waals surface area contributed by atoms with Gasteiger partial charge in [0, 0.05) is 32.0 Å². The molecule has 154 valence electrons. The zero-order chi connectivity index (χ0) is 20.3. The van der Waals surface area contributed by atoms with Crippen LogP contribution in [0.3, 0.4) is 0 Å². The van der Waals surface area contributed by atoms with Gasteiger partial charge in [-0.1, -0.05) is 48.5 Å². The lowest BCUT2D eigenvalue weighted by molar-refractivity contribution is 0.244. The molecule has 2 aromatic carbocycles. The normalized spacial score (nSPS) is 19.1. The third-order valence-corrected chi connectivity index (χ3v) is 6.68. The van der Waals surface area contributed by atoms with Crippen molar-refractivity contribution in [1.82, 2.24) is 9.88 Å². The van der Waals surface area contributed by atoms with Crippen LogP contribution >= 0.6 is 0 Å². The molecule has 0 bridgehead atoms. The summed E-state index contributed by atoms with van der Waals surface area (Å²) in [6.07, 6.45) is 7.96. The van der Waals surface area contributed by atoms with Crippen LogP contribution in [0.25, 0.3) is 0 Å². The molecule has 1 unspecified atom stereocenters. The fourth-order valence-corrected chi connectivity index (χ4v) is 5.09. The molecular weight excluding hydrogens is 366 g/mol. The molecule has 30 heavy (non-hydrogen) atoms. The largest absolute Gasteiger partial charge is 0.374 e. The molecule has 2 aliphatic rings. The summed E-state index contributed by atoms with van der Waals surface area (Å²) in [5.74, 6) is 0. The van der Waals surface area contributed by atoms with Crippen molar-refractivity contribution in [2.45, 2.75) is 44.7 Å². The number of likely N-dealkylation sites (tertiary alicyclic amines) is 1. The maximum Gasteiger partial charge on any atom is 0.0575 e. The van der Waals surface area contributed by atoms with Crippen LogP contribution in [-0.4, -0.2) is 30.0 Å². The lowest BCUT2D eigenvalue weighted by Crippen LogP contribution is -2.26. The summed E-state index contributed by atoms with van der Waals surface area (Å²) in [5.41, 5.74) is 8.22. The number of aromatic nitrogens is 1. The second-order valence-corrected chi connectivity index (χ2v) is 8.87. The van der Waals surface area contributed by atoms with E-state index in [4.69, 9.17) is 4.98 Å². The quantitative estimate of drug-likeness (QED) is 0.575. The Morgan fingerprint density at radius 2 is 1.77 bits per heavy atom. The number of fused-ring (bicyclic) bond motifs is 1. The zero-order valence-electron chi connectivity index (χ0n) is 17.9. The summed E-state index contributed by atoms with van der Waals surface area (Å²) < 4.78 is 0. The summed E-state index contributed by atoms with van der Waals surface area (Å²) in [6, 6.07) is 22.7. The fourth-order valence-electron chi connectivity index (χ4n) is 5.09. The summed E-state index contributed by atoms with van der Waals surface area (Å²) in [6.45, 7) is 3.36. The number of benzene rings is 2. The minimum Gasteiger partial charge on any atom is -0.374 e. The van der Waals surface area contributed by atoms with Gasteiger partial charge in [-0.25, -0.2) is 0 Å². The summed E-state index contributed by atoms with van der Waals surface area (Å²) >= 11 is 0. The minimum atomic E-state index is 0.439. The van der Waals surface area contributed by atoms with Gasteiger partial charge in [0.05, 0.1) is 11.7 Å².